The molecule has 0 radical (unpaired) electrons. The number of ketones is 2. The van der Waals surface area contributed by atoms with Crippen LogP contribution in [-0.2, 0) is 9.59 Å². The highest BCUT2D eigenvalue weighted by molar-refractivity contribution is 6.08. The molecule has 0 bridgehead atoms. The Kier molecular flexibility index (Phi) is 2.87. The molecule has 0 aromatic carbocycles. The number of carbonyl (C=O) groups is 2. The van der Waals surface area contributed by atoms with Crippen LogP contribution in [0.4, 0.5) is 0 Å². The number of rotatable bonds is 1. The van der Waals surface area contributed by atoms with E-state index in [1.54, 1.807) is 13.8 Å². The van der Waals surface area contributed by atoms with Crippen LogP contribution in [0.2, 0.25) is 0 Å². The molecule has 1 rings (SSSR count). The highest BCUT2D eigenvalue weighted by Gasteiger charge is 2.41. The summed E-state index contributed by atoms with van der Waals surface area (Å²) in [5.41, 5.74) is -0.804. The van der Waals surface area contributed by atoms with Crippen molar-refractivity contribution in [2.24, 2.45) is 5.41 Å². The van der Waals surface area contributed by atoms with E-state index < -0.39 is 5.41 Å². The van der Waals surface area contributed by atoms with Gasteiger partial charge in [0.25, 0.3) is 0 Å². The molecular weight excluding hydrogens is 164 g/mol. The molecule has 70 valence electrons. The van der Waals surface area contributed by atoms with Crippen molar-refractivity contribution in [3.63, 3.8) is 0 Å². The van der Waals surface area contributed by atoms with E-state index in [9.17, 15) is 9.59 Å². The monoisotopic (exact) mass is 178 g/mol. The minimum atomic E-state index is -0.804. The second-order valence-electron chi connectivity index (χ2n) is 3.64. The minimum Gasteiger partial charge on any atom is -0.299 e. The number of Topliss-reactive ketones (excluding diaryl/α,β-unsaturated/α-hetero) is 2. The number of carbonyl (C=O) groups excluding carboxylic acids is 2. The Labute approximate surface area is 78.7 Å². The van der Waals surface area contributed by atoms with Crippen LogP contribution in [-0.4, -0.2) is 11.6 Å². The molecule has 0 amide bonds. The lowest BCUT2D eigenvalue weighted by Gasteiger charge is -2.28. The van der Waals surface area contributed by atoms with Gasteiger partial charge in [-0.25, -0.2) is 0 Å². The van der Waals surface area contributed by atoms with E-state index in [0.29, 0.717) is 25.7 Å². The standard InChI is InChI=1S/C11H14O2/c1-3-4-8-11(2)9(12)6-5-7-10(11)13/h5-8H2,1-2H3. The fraction of sp³-hybridized carbons (Fsp3) is 0.636. The average Bonchev–Trinajstić information content (AvgIpc) is 2.11. The molecule has 0 aromatic heterocycles. The van der Waals surface area contributed by atoms with Gasteiger partial charge in [-0.2, -0.15) is 0 Å². The first-order chi connectivity index (χ1) is 6.11. The maximum absolute atomic E-state index is 11.5. The van der Waals surface area contributed by atoms with Crippen molar-refractivity contribution in [2.75, 3.05) is 0 Å². The Bertz CT molecular complexity index is 275. The number of hydrogen-bond donors (Lipinski definition) is 0. The summed E-state index contributed by atoms with van der Waals surface area (Å²) >= 11 is 0. The summed E-state index contributed by atoms with van der Waals surface area (Å²) in [5, 5.41) is 0. The summed E-state index contributed by atoms with van der Waals surface area (Å²) in [4.78, 5) is 23.1. The van der Waals surface area contributed by atoms with Crippen LogP contribution in [0.3, 0.4) is 0 Å². The molecule has 0 atom stereocenters. The molecule has 0 aliphatic heterocycles. The Balaban J connectivity index is 2.85. The molecule has 13 heavy (non-hydrogen) atoms. The Morgan fingerprint density at radius 1 is 1.31 bits per heavy atom. The highest BCUT2D eigenvalue weighted by Crippen LogP contribution is 2.32. The van der Waals surface area contributed by atoms with E-state index in [1.165, 1.54) is 0 Å². The maximum atomic E-state index is 11.5. The second-order valence-corrected chi connectivity index (χ2v) is 3.64. The zero-order valence-corrected chi connectivity index (χ0v) is 8.14. The lowest BCUT2D eigenvalue weighted by molar-refractivity contribution is -0.142. The molecular formula is C11H14O2. The fourth-order valence-corrected chi connectivity index (χ4v) is 1.58. The second kappa shape index (κ2) is 3.74. The SMILES string of the molecule is CC#CCC1(C)C(=O)CCCC1=O. The molecule has 1 aliphatic rings. The van der Waals surface area contributed by atoms with Gasteiger partial charge in [-0.1, -0.05) is 0 Å². The molecule has 1 aliphatic carbocycles. The van der Waals surface area contributed by atoms with E-state index in [0.717, 1.165) is 0 Å². The van der Waals surface area contributed by atoms with Crippen molar-refractivity contribution in [3.8, 4) is 11.8 Å². The first-order valence-electron chi connectivity index (χ1n) is 4.57. The first kappa shape index (κ1) is 9.98. The molecule has 0 heterocycles. The van der Waals surface area contributed by atoms with Gasteiger partial charge in [-0.3, -0.25) is 9.59 Å². The Morgan fingerprint density at radius 2 is 1.85 bits per heavy atom. The zero-order chi connectivity index (χ0) is 9.90. The molecule has 1 saturated carbocycles. The number of hydrogen-bond acceptors (Lipinski definition) is 2. The van der Waals surface area contributed by atoms with Gasteiger partial charge in [-0.15, -0.1) is 11.8 Å². The molecule has 0 saturated heterocycles. The quantitative estimate of drug-likeness (QED) is 0.452. The van der Waals surface area contributed by atoms with Crippen LogP contribution in [0.5, 0.6) is 0 Å². The van der Waals surface area contributed by atoms with Gasteiger partial charge in [0.1, 0.15) is 11.6 Å². The largest absolute Gasteiger partial charge is 0.299 e. The molecule has 1 fully saturated rings. The van der Waals surface area contributed by atoms with Crippen molar-refractivity contribution in [3.05, 3.63) is 0 Å². The van der Waals surface area contributed by atoms with Crippen molar-refractivity contribution in [1.82, 2.24) is 0 Å². The molecule has 2 nitrogen and oxygen atoms in total. The van der Waals surface area contributed by atoms with E-state index >= 15 is 0 Å². The van der Waals surface area contributed by atoms with Crippen molar-refractivity contribution >= 4 is 11.6 Å². The van der Waals surface area contributed by atoms with E-state index in [2.05, 4.69) is 11.8 Å². The minimum absolute atomic E-state index is 0.0616. The van der Waals surface area contributed by atoms with Gasteiger partial charge in [0.15, 0.2) is 0 Å². The molecule has 0 N–H and O–H groups in total. The zero-order valence-electron chi connectivity index (χ0n) is 8.14. The Hall–Kier alpha value is -1.10. The van der Waals surface area contributed by atoms with E-state index in [-0.39, 0.29) is 11.6 Å². The lowest BCUT2D eigenvalue weighted by Crippen LogP contribution is -2.39. The van der Waals surface area contributed by atoms with Gasteiger partial charge >= 0.3 is 0 Å². The van der Waals surface area contributed by atoms with Crippen LogP contribution in [0.1, 0.15) is 39.5 Å². The topological polar surface area (TPSA) is 34.1 Å². The summed E-state index contributed by atoms with van der Waals surface area (Å²) in [6.07, 6.45) is 2.18. The van der Waals surface area contributed by atoms with Crippen LogP contribution in [0.15, 0.2) is 0 Å². The summed E-state index contributed by atoms with van der Waals surface area (Å²) < 4.78 is 0. The van der Waals surface area contributed by atoms with Crippen LogP contribution in [0, 0.1) is 17.3 Å². The summed E-state index contributed by atoms with van der Waals surface area (Å²) in [6, 6.07) is 0. The normalized spacial score (nSPS) is 20.8. The van der Waals surface area contributed by atoms with Crippen molar-refractivity contribution < 1.29 is 9.59 Å². The summed E-state index contributed by atoms with van der Waals surface area (Å²) in [7, 11) is 0. The summed E-state index contributed by atoms with van der Waals surface area (Å²) in [6.45, 7) is 3.45. The third-order valence-corrected chi connectivity index (χ3v) is 2.66. The van der Waals surface area contributed by atoms with E-state index in [1.807, 2.05) is 0 Å². The predicted molar refractivity (Wildman–Crippen MR) is 50.0 cm³/mol. The average molecular weight is 178 g/mol. The smallest absolute Gasteiger partial charge is 0.147 e. The molecule has 0 unspecified atom stereocenters. The maximum Gasteiger partial charge on any atom is 0.147 e. The molecule has 0 aromatic rings. The lowest BCUT2D eigenvalue weighted by atomic mass is 9.71. The third kappa shape index (κ3) is 1.80. The van der Waals surface area contributed by atoms with Gasteiger partial charge in [0.2, 0.25) is 0 Å². The van der Waals surface area contributed by atoms with Gasteiger partial charge in [0, 0.05) is 19.3 Å². The van der Waals surface area contributed by atoms with Crippen molar-refractivity contribution in [1.29, 1.82) is 0 Å². The predicted octanol–water partition coefficient (Wildman–Crippen LogP) is 1.73. The van der Waals surface area contributed by atoms with Crippen LogP contribution in [0.25, 0.3) is 0 Å². The van der Waals surface area contributed by atoms with Crippen molar-refractivity contribution in [2.45, 2.75) is 39.5 Å². The van der Waals surface area contributed by atoms with E-state index in [4.69, 9.17) is 0 Å². The highest BCUT2D eigenvalue weighted by atomic mass is 16.2. The van der Waals surface area contributed by atoms with Crippen LogP contribution < -0.4 is 0 Å². The molecule has 0 spiro atoms. The van der Waals surface area contributed by atoms with Crippen LogP contribution >= 0.6 is 0 Å². The third-order valence-electron chi connectivity index (χ3n) is 2.66. The van der Waals surface area contributed by atoms with Gasteiger partial charge in [-0.05, 0) is 20.3 Å². The Morgan fingerprint density at radius 3 is 2.31 bits per heavy atom. The van der Waals surface area contributed by atoms with Gasteiger partial charge < -0.3 is 0 Å². The first-order valence-corrected chi connectivity index (χ1v) is 4.57. The molecule has 2 heteroatoms. The van der Waals surface area contributed by atoms with Gasteiger partial charge in [0.05, 0.1) is 5.41 Å². The fourth-order valence-electron chi connectivity index (χ4n) is 1.58. The summed E-state index contributed by atoms with van der Waals surface area (Å²) in [5.74, 6) is 5.68.